The van der Waals surface area contributed by atoms with E-state index >= 15 is 0 Å². The van der Waals surface area contributed by atoms with E-state index in [1.54, 1.807) is 4.90 Å². The highest BCUT2D eigenvalue weighted by atomic mass is 19.2. The molecule has 1 saturated heterocycles. The molecule has 0 bridgehead atoms. The summed E-state index contributed by atoms with van der Waals surface area (Å²) in [6.45, 7) is 6.57. The van der Waals surface area contributed by atoms with Crippen molar-refractivity contribution in [2.45, 2.75) is 32.8 Å². The first kappa shape index (κ1) is 17.3. The zero-order valence-electron chi connectivity index (χ0n) is 14.3. The largest absolute Gasteiger partial charge is 0.444 e. The van der Waals surface area contributed by atoms with Gasteiger partial charge >= 0.3 is 6.09 Å². The Labute approximate surface area is 143 Å². The predicted molar refractivity (Wildman–Crippen MR) is 84.7 cm³/mol. The van der Waals surface area contributed by atoms with Crippen molar-refractivity contribution in [3.8, 4) is 11.4 Å². The third kappa shape index (κ3) is 4.12. The van der Waals surface area contributed by atoms with Crippen LogP contribution < -0.4 is 0 Å². The number of likely N-dealkylation sites (tertiary alicyclic amines) is 1. The molecule has 0 unspecified atom stereocenters. The van der Waals surface area contributed by atoms with Gasteiger partial charge in [-0.05, 0) is 39.0 Å². The Kier molecular flexibility index (Phi) is 4.45. The fraction of sp³-hybridized carbons (Fsp3) is 0.471. The molecule has 1 amide bonds. The van der Waals surface area contributed by atoms with Crippen LogP contribution >= 0.6 is 0 Å². The third-order valence-electron chi connectivity index (χ3n) is 3.72. The summed E-state index contributed by atoms with van der Waals surface area (Å²) in [7, 11) is 0. The molecule has 0 spiro atoms. The summed E-state index contributed by atoms with van der Waals surface area (Å²) in [6.07, 6.45) is 0.174. The van der Waals surface area contributed by atoms with Gasteiger partial charge in [-0.25, -0.2) is 13.6 Å². The molecule has 8 heteroatoms. The molecule has 3 rings (SSSR count). The van der Waals surface area contributed by atoms with Crippen molar-refractivity contribution in [2.75, 3.05) is 13.1 Å². The molecule has 0 radical (unpaired) electrons. The quantitative estimate of drug-likeness (QED) is 0.847. The topological polar surface area (TPSA) is 68.5 Å². The van der Waals surface area contributed by atoms with Crippen molar-refractivity contribution in [1.29, 1.82) is 0 Å². The van der Waals surface area contributed by atoms with Crippen LogP contribution in [0.15, 0.2) is 22.7 Å². The van der Waals surface area contributed by atoms with Crippen molar-refractivity contribution >= 4 is 6.09 Å². The lowest BCUT2D eigenvalue weighted by atomic mass is 9.97. The van der Waals surface area contributed by atoms with Gasteiger partial charge in [-0.1, -0.05) is 5.16 Å². The molecule has 0 atom stereocenters. The number of nitrogens with zero attached hydrogens (tertiary/aromatic N) is 3. The second-order valence-electron chi connectivity index (χ2n) is 7.10. The summed E-state index contributed by atoms with van der Waals surface area (Å²) >= 11 is 0. The minimum atomic E-state index is -0.962. The second kappa shape index (κ2) is 6.42. The number of rotatable bonds is 3. The average Bonchev–Trinajstić information content (AvgIpc) is 2.92. The van der Waals surface area contributed by atoms with Gasteiger partial charge in [-0.2, -0.15) is 4.98 Å². The number of aromatic nitrogens is 2. The van der Waals surface area contributed by atoms with Crippen molar-refractivity contribution in [3.05, 3.63) is 35.7 Å². The summed E-state index contributed by atoms with van der Waals surface area (Å²) in [5.41, 5.74) is -0.175. The SMILES string of the molecule is CC(C)(C)OC(=O)N1CC(Cc2nc(-c3ccc(F)c(F)c3)no2)C1. The molecule has 1 aliphatic heterocycles. The van der Waals surface area contributed by atoms with E-state index in [1.807, 2.05) is 20.8 Å². The van der Waals surface area contributed by atoms with E-state index in [-0.39, 0.29) is 17.8 Å². The Hall–Kier alpha value is -2.51. The van der Waals surface area contributed by atoms with Crippen LogP contribution in [0.1, 0.15) is 26.7 Å². The Morgan fingerprint density at radius 1 is 1.32 bits per heavy atom. The second-order valence-corrected chi connectivity index (χ2v) is 7.10. The number of carbonyl (C=O) groups is 1. The zero-order chi connectivity index (χ0) is 18.2. The summed E-state index contributed by atoms with van der Waals surface area (Å²) in [6, 6.07) is 3.43. The first-order valence-corrected chi connectivity index (χ1v) is 7.97. The summed E-state index contributed by atoms with van der Waals surface area (Å²) in [5, 5.41) is 3.79. The number of benzene rings is 1. The van der Waals surface area contributed by atoms with E-state index in [4.69, 9.17) is 9.26 Å². The van der Waals surface area contributed by atoms with Crippen LogP contribution in [0.2, 0.25) is 0 Å². The van der Waals surface area contributed by atoms with Crippen molar-refractivity contribution < 1.29 is 22.8 Å². The number of carbonyl (C=O) groups excluding carboxylic acids is 1. The fourth-order valence-corrected chi connectivity index (χ4v) is 2.51. The highest BCUT2D eigenvalue weighted by molar-refractivity contribution is 5.69. The van der Waals surface area contributed by atoms with Gasteiger partial charge in [-0.3, -0.25) is 0 Å². The van der Waals surface area contributed by atoms with Gasteiger partial charge in [-0.15, -0.1) is 0 Å². The van der Waals surface area contributed by atoms with E-state index in [0.717, 1.165) is 12.1 Å². The maximum Gasteiger partial charge on any atom is 0.410 e. The molecular weight excluding hydrogens is 332 g/mol. The van der Waals surface area contributed by atoms with E-state index in [9.17, 15) is 13.6 Å². The highest BCUT2D eigenvalue weighted by Gasteiger charge is 2.34. The van der Waals surface area contributed by atoms with Gasteiger partial charge in [0.15, 0.2) is 11.6 Å². The maximum atomic E-state index is 13.3. The molecule has 0 saturated carbocycles. The smallest absolute Gasteiger partial charge is 0.410 e. The molecule has 134 valence electrons. The van der Waals surface area contributed by atoms with E-state index in [1.165, 1.54) is 6.07 Å². The van der Waals surface area contributed by atoms with Gasteiger partial charge in [0.05, 0.1) is 0 Å². The summed E-state index contributed by atoms with van der Waals surface area (Å²) in [4.78, 5) is 17.7. The van der Waals surface area contributed by atoms with Crippen LogP contribution in [0.5, 0.6) is 0 Å². The Balaban J connectivity index is 1.55. The number of amides is 1. The lowest BCUT2D eigenvalue weighted by Gasteiger charge is -2.39. The molecule has 0 aliphatic carbocycles. The van der Waals surface area contributed by atoms with Crippen LogP contribution in [0.4, 0.5) is 13.6 Å². The van der Waals surface area contributed by atoms with E-state index < -0.39 is 17.2 Å². The van der Waals surface area contributed by atoms with Gasteiger partial charge < -0.3 is 14.2 Å². The standard InChI is InChI=1S/C17H19F2N3O3/c1-17(2,3)24-16(23)22-8-10(9-22)6-14-20-15(21-25-14)11-4-5-12(18)13(19)7-11/h4-5,7,10H,6,8-9H2,1-3H3. The van der Waals surface area contributed by atoms with Crippen molar-refractivity contribution in [2.24, 2.45) is 5.92 Å². The van der Waals surface area contributed by atoms with Crippen molar-refractivity contribution in [1.82, 2.24) is 15.0 Å². The molecule has 1 fully saturated rings. The van der Waals surface area contributed by atoms with E-state index in [2.05, 4.69) is 10.1 Å². The molecular formula is C17H19F2N3O3. The van der Waals surface area contributed by atoms with Gasteiger partial charge in [0, 0.05) is 31.0 Å². The van der Waals surface area contributed by atoms with E-state index in [0.29, 0.717) is 31.0 Å². The Morgan fingerprint density at radius 3 is 2.68 bits per heavy atom. The normalized spacial score (nSPS) is 15.2. The zero-order valence-corrected chi connectivity index (χ0v) is 14.3. The lowest BCUT2D eigenvalue weighted by Crippen LogP contribution is -2.52. The first-order chi connectivity index (χ1) is 11.7. The molecule has 1 aliphatic rings. The van der Waals surface area contributed by atoms with Crippen LogP contribution in [-0.4, -0.2) is 39.8 Å². The van der Waals surface area contributed by atoms with Crippen molar-refractivity contribution in [3.63, 3.8) is 0 Å². The minimum absolute atomic E-state index is 0.200. The third-order valence-corrected chi connectivity index (χ3v) is 3.72. The average molecular weight is 351 g/mol. The predicted octanol–water partition coefficient (Wildman–Crippen LogP) is 3.42. The number of hydrogen-bond donors (Lipinski definition) is 0. The lowest BCUT2D eigenvalue weighted by molar-refractivity contribution is -0.00187. The summed E-state index contributed by atoms with van der Waals surface area (Å²) < 4.78 is 36.7. The van der Waals surface area contributed by atoms with Crippen LogP contribution in [-0.2, 0) is 11.2 Å². The van der Waals surface area contributed by atoms with Gasteiger partial charge in [0.1, 0.15) is 5.60 Å². The van der Waals surface area contributed by atoms with Crippen LogP contribution in [0.3, 0.4) is 0 Å². The van der Waals surface area contributed by atoms with Gasteiger partial charge in [0.25, 0.3) is 0 Å². The maximum absolute atomic E-state index is 13.3. The first-order valence-electron chi connectivity index (χ1n) is 7.97. The number of hydrogen-bond acceptors (Lipinski definition) is 5. The Morgan fingerprint density at radius 2 is 2.04 bits per heavy atom. The summed E-state index contributed by atoms with van der Waals surface area (Å²) in [5.74, 6) is -1.09. The molecule has 6 nitrogen and oxygen atoms in total. The molecule has 2 heterocycles. The highest BCUT2D eigenvalue weighted by Crippen LogP contribution is 2.24. The molecule has 2 aromatic rings. The fourth-order valence-electron chi connectivity index (χ4n) is 2.51. The minimum Gasteiger partial charge on any atom is -0.444 e. The van der Waals surface area contributed by atoms with Gasteiger partial charge in [0.2, 0.25) is 11.7 Å². The molecule has 1 aromatic heterocycles. The molecule has 1 aromatic carbocycles. The monoisotopic (exact) mass is 351 g/mol. The number of ether oxygens (including phenoxy) is 1. The van der Waals surface area contributed by atoms with Crippen LogP contribution in [0.25, 0.3) is 11.4 Å². The molecule has 25 heavy (non-hydrogen) atoms. The van der Waals surface area contributed by atoms with Crippen LogP contribution in [0, 0.1) is 17.6 Å². The Bertz CT molecular complexity index is 780. The number of halogens is 2. The molecule has 0 N–H and O–H groups in total.